The van der Waals surface area contributed by atoms with Crippen molar-refractivity contribution in [3.63, 3.8) is 0 Å². The molecular weight excluding hydrogens is 671 g/mol. The van der Waals surface area contributed by atoms with Crippen molar-refractivity contribution in [2.45, 2.75) is 21.1 Å². The van der Waals surface area contributed by atoms with Gasteiger partial charge in [-0.3, -0.25) is 0 Å². The molecule has 8 rings (SSSR count). The number of halogens is 2. The van der Waals surface area contributed by atoms with Gasteiger partial charge in [0.25, 0.3) is 0 Å². The van der Waals surface area contributed by atoms with Gasteiger partial charge in [-0.05, 0) is 0 Å². The summed E-state index contributed by atoms with van der Waals surface area (Å²) in [6, 6.07) is 50.8. The van der Waals surface area contributed by atoms with Crippen LogP contribution in [0.5, 0.6) is 0 Å². The first kappa shape index (κ1) is 31.0. The molecule has 0 aromatic heterocycles. The van der Waals surface area contributed by atoms with Crippen LogP contribution in [-0.2, 0) is 20.4 Å². The molecule has 0 N–H and O–H groups in total. The smallest absolute Gasteiger partial charge is 1.00 e. The number of allylic oxidation sites excluding steroid dienone is 2. The van der Waals surface area contributed by atoms with Gasteiger partial charge in [-0.15, -0.1) is 0 Å². The van der Waals surface area contributed by atoms with E-state index in [0.29, 0.717) is 7.25 Å². The molecule has 214 valence electrons. The zero-order valence-corrected chi connectivity index (χ0v) is 29.7. The predicted molar refractivity (Wildman–Crippen MR) is 179 cm³/mol. The Morgan fingerprint density at radius 2 is 0.841 bits per heavy atom. The third-order valence-corrected chi connectivity index (χ3v) is 30.5. The van der Waals surface area contributed by atoms with Crippen molar-refractivity contribution < 1.29 is 45.2 Å². The maximum absolute atomic E-state index is 2.56. The van der Waals surface area contributed by atoms with Gasteiger partial charge in [0.05, 0.1) is 0 Å². The molecule has 2 aliphatic rings. The van der Waals surface area contributed by atoms with E-state index in [2.05, 4.69) is 159 Å². The van der Waals surface area contributed by atoms with Gasteiger partial charge in [0, 0.05) is 0 Å². The van der Waals surface area contributed by atoms with E-state index in [-0.39, 0.29) is 24.8 Å². The van der Waals surface area contributed by atoms with Crippen molar-refractivity contribution in [1.82, 2.24) is 0 Å². The SMILES string of the molecule is CC1=Cc2c(ccc3ccccc23)[CH]1[Zr+2]([CH]1C(C)=Cc2c1ccc1ccccc21)=[Si](c1ccccc1)c1ccccc1.[Cl-].[Cl-]. The molecule has 2 unspecified atom stereocenters. The number of hydrogen-bond donors (Lipinski definition) is 0. The Kier molecular flexibility index (Phi) is 9.00. The zero-order chi connectivity index (χ0) is 28.2. The average Bonchev–Trinajstić information content (AvgIpc) is 3.56. The summed E-state index contributed by atoms with van der Waals surface area (Å²) in [6.45, 7) is 4.87. The molecule has 0 nitrogen and oxygen atoms in total. The minimum Gasteiger partial charge on any atom is -1.00 e. The normalized spacial score (nSPS) is 16.1. The average molecular weight is 703 g/mol. The number of rotatable bonds is 4. The second-order valence-corrected chi connectivity index (χ2v) is 25.9. The van der Waals surface area contributed by atoms with Gasteiger partial charge >= 0.3 is 258 Å². The van der Waals surface area contributed by atoms with Gasteiger partial charge in [-0.25, -0.2) is 0 Å². The van der Waals surface area contributed by atoms with Crippen LogP contribution in [0.3, 0.4) is 0 Å². The summed E-state index contributed by atoms with van der Waals surface area (Å²) >= 11 is -2.56. The molecule has 0 saturated carbocycles. The molecule has 0 heterocycles. The third-order valence-electron chi connectivity index (χ3n) is 9.32. The minimum atomic E-state index is -2.56. The topological polar surface area (TPSA) is 0 Å². The summed E-state index contributed by atoms with van der Waals surface area (Å²) in [5.74, 6) is 0. The first-order valence-corrected chi connectivity index (χ1v) is 23.0. The van der Waals surface area contributed by atoms with E-state index >= 15 is 0 Å². The van der Waals surface area contributed by atoms with E-state index < -0.39 is 25.8 Å². The summed E-state index contributed by atoms with van der Waals surface area (Å²) in [7, 11) is 0. The molecule has 0 aliphatic heterocycles. The van der Waals surface area contributed by atoms with Crippen LogP contribution < -0.4 is 35.2 Å². The van der Waals surface area contributed by atoms with Crippen molar-refractivity contribution >= 4 is 49.5 Å². The Morgan fingerprint density at radius 1 is 0.455 bits per heavy atom. The van der Waals surface area contributed by atoms with Crippen molar-refractivity contribution in [1.29, 1.82) is 0 Å². The molecule has 4 heteroatoms. The van der Waals surface area contributed by atoms with Crippen molar-refractivity contribution in [3.8, 4) is 0 Å². The predicted octanol–water partition coefficient (Wildman–Crippen LogP) is 3.04. The quantitative estimate of drug-likeness (QED) is 0.248. The van der Waals surface area contributed by atoms with E-state index in [1.54, 1.807) is 32.6 Å². The van der Waals surface area contributed by atoms with Gasteiger partial charge < -0.3 is 24.8 Å². The first-order chi connectivity index (χ1) is 20.7. The van der Waals surface area contributed by atoms with Crippen LogP contribution in [-0.4, -0.2) is 5.43 Å². The Balaban J connectivity index is 0.00000171. The van der Waals surface area contributed by atoms with Crippen molar-refractivity contribution in [2.24, 2.45) is 0 Å². The van der Waals surface area contributed by atoms with E-state index in [4.69, 9.17) is 0 Å². The van der Waals surface area contributed by atoms with E-state index in [1.165, 1.54) is 32.7 Å². The minimum absolute atomic E-state index is 0. The first-order valence-electron chi connectivity index (χ1n) is 14.9. The van der Waals surface area contributed by atoms with Gasteiger partial charge in [-0.2, -0.15) is 0 Å². The van der Waals surface area contributed by atoms with Crippen LogP contribution in [0.15, 0.2) is 145 Å². The molecule has 0 saturated heterocycles. The summed E-state index contributed by atoms with van der Waals surface area (Å²) in [5, 5.41) is 8.64. The fourth-order valence-electron chi connectivity index (χ4n) is 7.55. The molecule has 0 amide bonds. The van der Waals surface area contributed by atoms with Crippen LogP contribution >= 0.6 is 0 Å². The van der Waals surface area contributed by atoms with Gasteiger partial charge in [0.2, 0.25) is 0 Å². The molecule has 0 fully saturated rings. The van der Waals surface area contributed by atoms with Crippen LogP contribution in [0.25, 0.3) is 33.7 Å². The van der Waals surface area contributed by atoms with Crippen LogP contribution in [0, 0.1) is 0 Å². The number of fused-ring (bicyclic) bond motifs is 6. The van der Waals surface area contributed by atoms with Crippen molar-refractivity contribution in [2.75, 3.05) is 0 Å². The molecule has 44 heavy (non-hydrogen) atoms. The second kappa shape index (κ2) is 12.8. The van der Waals surface area contributed by atoms with Gasteiger partial charge in [0.1, 0.15) is 0 Å². The van der Waals surface area contributed by atoms with Crippen molar-refractivity contribution in [3.05, 3.63) is 167 Å². The Bertz CT molecular complexity index is 1960. The summed E-state index contributed by atoms with van der Waals surface area (Å²) < 4.78 is 1.07. The number of benzene rings is 6. The van der Waals surface area contributed by atoms with E-state index in [9.17, 15) is 0 Å². The van der Waals surface area contributed by atoms with Crippen LogP contribution in [0.1, 0.15) is 43.4 Å². The fraction of sp³-hybridized carbons (Fsp3) is 0.100. The zero-order valence-electron chi connectivity index (χ0n) is 24.8. The Hall–Kier alpha value is -3.00. The van der Waals surface area contributed by atoms with Crippen LogP contribution in [0.4, 0.5) is 0 Å². The fourth-order valence-corrected chi connectivity index (χ4v) is 32.9. The standard InChI is InChI=1S/2C14H11.C12H10Si.2ClH.Zr/c2*1-10-8-12-7-6-11-4-2-3-5-13(11)14(12)9-10;1-3-7-11(8-4-1)13-12-9-5-2-6-10-12;;;/h2*2-9H,1H3;1-10H;2*1H;/q;;;;;+2/p-2. The van der Waals surface area contributed by atoms with E-state index in [0.717, 1.165) is 0 Å². The van der Waals surface area contributed by atoms with Gasteiger partial charge in [-0.1, -0.05) is 0 Å². The maximum atomic E-state index is 2.55. The largest absolute Gasteiger partial charge is 1.00 e. The monoisotopic (exact) mass is 700 g/mol. The van der Waals surface area contributed by atoms with Gasteiger partial charge in [0.15, 0.2) is 0 Å². The second-order valence-electron chi connectivity index (χ2n) is 11.8. The molecule has 6 aromatic rings. The maximum Gasteiger partial charge on any atom is -1.00 e. The molecule has 0 radical (unpaired) electrons. The molecule has 0 bridgehead atoms. The molecule has 2 atom stereocenters. The molecule has 0 spiro atoms. The van der Waals surface area contributed by atoms with E-state index in [1.807, 2.05) is 0 Å². The van der Waals surface area contributed by atoms with Crippen LogP contribution in [0.2, 0.25) is 0 Å². The Morgan fingerprint density at radius 3 is 1.27 bits per heavy atom. The Labute approximate surface area is 280 Å². The summed E-state index contributed by atoms with van der Waals surface area (Å²) in [5.41, 5.74) is 8.20. The summed E-state index contributed by atoms with van der Waals surface area (Å²) in [4.78, 5) is 0. The third kappa shape index (κ3) is 5.11. The number of hydrogen-bond acceptors (Lipinski definition) is 0. The molecule has 6 aromatic carbocycles. The molecule has 2 aliphatic carbocycles. The summed E-state index contributed by atoms with van der Waals surface area (Å²) in [6.07, 6.45) is 5.10. The molecular formula is C40H32Cl2SiZr.